The summed E-state index contributed by atoms with van der Waals surface area (Å²) in [4.78, 5) is 33.7. The molecule has 2 aliphatic rings. The van der Waals surface area contributed by atoms with Crippen LogP contribution in [0.5, 0.6) is 0 Å². The molecule has 1 unspecified atom stereocenters. The molecular weight excluding hydrogens is 464 g/mol. The molecule has 1 aliphatic heterocycles. The van der Waals surface area contributed by atoms with Gasteiger partial charge in [0.05, 0.1) is 6.61 Å². The molecule has 2 aromatic carbocycles. The molecule has 6 nitrogen and oxygen atoms in total. The number of hydrogen-bond acceptors (Lipinski definition) is 6. The van der Waals surface area contributed by atoms with Crippen molar-refractivity contribution in [2.45, 2.75) is 31.6 Å². The topological polar surface area (TPSA) is 68.2 Å². The van der Waals surface area contributed by atoms with Crippen molar-refractivity contribution in [3.8, 4) is 0 Å². The van der Waals surface area contributed by atoms with Crippen LogP contribution in [0.3, 0.4) is 0 Å². The molecule has 1 aliphatic carbocycles. The summed E-state index contributed by atoms with van der Waals surface area (Å²) in [6, 6.07) is 15.6. The molecule has 0 saturated carbocycles. The van der Waals surface area contributed by atoms with Crippen molar-refractivity contribution in [2.75, 3.05) is 39.3 Å². The van der Waals surface area contributed by atoms with Crippen LogP contribution in [0.25, 0.3) is 0 Å². The van der Waals surface area contributed by atoms with Gasteiger partial charge in [-0.15, -0.1) is 0 Å². The second-order valence-corrected chi connectivity index (χ2v) is 9.73. The summed E-state index contributed by atoms with van der Waals surface area (Å²) in [5.41, 5.74) is 5.08. The summed E-state index contributed by atoms with van der Waals surface area (Å²) in [7, 11) is 5.51. The SMILES string of the molecule is COCCOC(=O)C1C(C)=NC2=C(C(=O)C[C@H](c3ccc(Cl)cc3)C2)[C@@H]1c1ccc(N(C)C)cc1. The highest BCUT2D eigenvalue weighted by molar-refractivity contribution is 6.30. The largest absolute Gasteiger partial charge is 0.463 e. The van der Waals surface area contributed by atoms with Crippen LogP contribution in [0.4, 0.5) is 5.69 Å². The summed E-state index contributed by atoms with van der Waals surface area (Å²) in [6.45, 7) is 2.32. The number of ether oxygens (including phenoxy) is 2. The molecule has 2 aromatic rings. The van der Waals surface area contributed by atoms with Crippen LogP contribution in [0.15, 0.2) is 64.8 Å². The Kier molecular flexibility index (Phi) is 7.72. The zero-order valence-electron chi connectivity index (χ0n) is 20.6. The highest BCUT2D eigenvalue weighted by atomic mass is 35.5. The fourth-order valence-corrected chi connectivity index (χ4v) is 5.12. The van der Waals surface area contributed by atoms with Crippen molar-refractivity contribution in [3.63, 3.8) is 0 Å². The quantitative estimate of drug-likeness (QED) is 0.392. The molecule has 0 bridgehead atoms. The number of nitrogens with zero attached hydrogens (tertiary/aromatic N) is 2. The number of methoxy groups -OCH3 is 1. The van der Waals surface area contributed by atoms with E-state index in [1.165, 1.54) is 0 Å². The molecule has 0 saturated heterocycles. The maximum Gasteiger partial charge on any atom is 0.315 e. The molecule has 0 N–H and O–H groups in total. The maximum atomic E-state index is 13.6. The minimum atomic E-state index is -0.660. The fourth-order valence-electron chi connectivity index (χ4n) is 4.99. The van der Waals surface area contributed by atoms with Gasteiger partial charge >= 0.3 is 5.97 Å². The van der Waals surface area contributed by atoms with E-state index in [9.17, 15) is 9.59 Å². The van der Waals surface area contributed by atoms with Gasteiger partial charge in [-0.05, 0) is 54.7 Å². The van der Waals surface area contributed by atoms with Crippen molar-refractivity contribution in [3.05, 3.63) is 76.0 Å². The Morgan fingerprint density at radius 3 is 2.31 bits per heavy atom. The Hall–Kier alpha value is -2.96. The van der Waals surface area contributed by atoms with Gasteiger partial charge in [0.15, 0.2) is 5.78 Å². The molecule has 0 spiro atoms. The van der Waals surface area contributed by atoms with Crippen molar-refractivity contribution in [1.29, 1.82) is 0 Å². The Balaban J connectivity index is 1.74. The first-order chi connectivity index (χ1) is 16.8. The minimum Gasteiger partial charge on any atom is -0.463 e. The normalized spacial score (nSPS) is 21.9. The van der Waals surface area contributed by atoms with E-state index in [0.717, 1.165) is 22.5 Å². The van der Waals surface area contributed by atoms with Crippen LogP contribution in [-0.4, -0.2) is 51.9 Å². The van der Waals surface area contributed by atoms with Crippen molar-refractivity contribution in [1.82, 2.24) is 0 Å². The van der Waals surface area contributed by atoms with E-state index in [2.05, 4.69) is 0 Å². The summed E-state index contributed by atoms with van der Waals surface area (Å²) in [6.07, 6.45) is 1.00. The lowest BCUT2D eigenvalue weighted by atomic mass is 9.69. The minimum absolute atomic E-state index is 0.0250. The van der Waals surface area contributed by atoms with Crippen LogP contribution in [0, 0.1) is 5.92 Å². The second kappa shape index (κ2) is 10.8. The average molecular weight is 495 g/mol. The highest BCUT2D eigenvalue weighted by Gasteiger charge is 2.44. The number of carbonyl (C=O) groups is 2. The number of ketones is 1. The van der Waals surface area contributed by atoms with E-state index in [1.807, 2.05) is 74.4 Å². The van der Waals surface area contributed by atoms with Gasteiger partial charge < -0.3 is 14.4 Å². The lowest BCUT2D eigenvalue weighted by molar-refractivity contribution is -0.147. The lowest BCUT2D eigenvalue weighted by Gasteiger charge is -2.36. The van der Waals surface area contributed by atoms with Gasteiger partial charge in [0.25, 0.3) is 0 Å². The molecule has 4 rings (SSSR count). The third kappa shape index (κ3) is 5.34. The summed E-state index contributed by atoms with van der Waals surface area (Å²) >= 11 is 6.06. The van der Waals surface area contributed by atoms with Gasteiger partial charge in [0.2, 0.25) is 0 Å². The molecule has 1 heterocycles. The first-order valence-corrected chi connectivity index (χ1v) is 12.2. The van der Waals surface area contributed by atoms with Crippen LogP contribution in [0.1, 0.15) is 42.7 Å². The van der Waals surface area contributed by atoms with E-state index in [0.29, 0.717) is 35.8 Å². The molecule has 35 heavy (non-hydrogen) atoms. The van der Waals surface area contributed by atoms with Gasteiger partial charge in [-0.1, -0.05) is 35.9 Å². The summed E-state index contributed by atoms with van der Waals surface area (Å²) in [5, 5.41) is 0.665. The summed E-state index contributed by atoms with van der Waals surface area (Å²) < 4.78 is 10.6. The number of anilines is 1. The van der Waals surface area contributed by atoms with Crippen molar-refractivity contribution < 1.29 is 19.1 Å². The molecule has 184 valence electrons. The smallest absolute Gasteiger partial charge is 0.315 e. The highest BCUT2D eigenvalue weighted by Crippen LogP contribution is 2.47. The van der Waals surface area contributed by atoms with Crippen LogP contribution < -0.4 is 4.90 Å². The predicted molar refractivity (Wildman–Crippen MR) is 138 cm³/mol. The number of halogens is 1. The predicted octanol–water partition coefficient (Wildman–Crippen LogP) is 5.17. The van der Waals surface area contributed by atoms with E-state index < -0.39 is 11.8 Å². The molecular formula is C28H31ClN2O4. The first-order valence-electron chi connectivity index (χ1n) is 11.8. The van der Waals surface area contributed by atoms with Gasteiger partial charge in [-0.2, -0.15) is 0 Å². The zero-order chi connectivity index (χ0) is 25.1. The number of hydrogen-bond donors (Lipinski definition) is 0. The number of benzene rings is 2. The monoisotopic (exact) mass is 494 g/mol. The molecule has 3 atom stereocenters. The third-order valence-corrected chi connectivity index (χ3v) is 7.04. The average Bonchev–Trinajstić information content (AvgIpc) is 2.83. The number of rotatable bonds is 7. The van der Waals surface area contributed by atoms with Gasteiger partial charge in [-0.3, -0.25) is 14.6 Å². The standard InChI is InChI=1S/C28H31ClN2O4/c1-17-25(28(33)35-14-13-34-4)26(19-7-11-22(12-8-19)31(2)3)27-23(30-17)15-20(16-24(27)32)18-5-9-21(29)10-6-18/h5-12,20,25-26H,13-16H2,1-4H3/t20-,25?,26-/m1/s1. The van der Waals surface area contributed by atoms with Crippen LogP contribution in [0.2, 0.25) is 5.02 Å². The number of carbonyl (C=O) groups excluding carboxylic acids is 2. The Morgan fingerprint density at radius 1 is 1.03 bits per heavy atom. The molecule has 0 radical (unpaired) electrons. The molecule has 0 fully saturated rings. The number of aliphatic imine (C=N–C) groups is 1. The molecule has 7 heteroatoms. The Labute approximate surface area is 211 Å². The number of Topliss-reactive ketones (excluding diaryl/α,β-unsaturated/α-hetero) is 1. The van der Waals surface area contributed by atoms with E-state index in [-0.39, 0.29) is 24.3 Å². The summed E-state index contributed by atoms with van der Waals surface area (Å²) in [5.74, 6) is -1.43. The maximum absolute atomic E-state index is 13.6. The van der Waals surface area contributed by atoms with Crippen molar-refractivity contribution >= 4 is 34.8 Å². The van der Waals surface area contributed by atoms with Gasteiger partial charge in [0, 0.05) is 61.2 Å². The fraction of sp³-hybridized carbons (Fsp3) is 0.393. The number of esters is 1. The van der Waals surface area contributed by atoms with Crippen LogP contribution in [-0.2, 0) is 19.1 Å². The Morgan fingerprint density at radius 2 is 1.69 bits per heavy atom. The Bertz CT molecular complexity index is 1150. The first kappa shape index (κ1) is 25.1. The van der Waals surface area contributed by atoms with E-state index in [1.54, 1.807) is 7.11 Å². The molecule has 0 amide bonds. The third-order valence-electron chi connectivity index (χ3n) is 6.78. The van der Waals surface area contributed by atoms with E-state index in [4.69, 9.17) is 26.1 Å². The number of allylic oxidation sites excluding steroid dienone is 2. The van der Waals surface area contributed by atoms with E-state index >= 15 is 0 Å². The van der Waals surface area contributed by atoms with Crippen molar-refractivity contribution in [2.24, 2.45) is 10.9 Å². The second-order valence-electron chi connectivity index (χ2n) is 9.30. The van der Waals surface area contributed by atoms with Gasteiger partial charge in [-0.25, -0.2) is 0 Å². The zero-order valence-corrected chi connectivity index (χ0v) is 21.3. The van der Waals surface area contributed by atoms with Crippen LogP contribution >= 0.6 is 11.6 Å². The van der Waals surface area contributed by atoms with Gasteiger partial charge in [0.1, 0.15) is 12.5 Å². The lowest BCUT2D eigenvalue weighted by Crippen LogP contribution is -2.38. The molecule has 0 aromatic heterocycles.